The Kier molecular flexibility index (Phi) is 2.91. The van der Waals surface area contributed by atoms with Gasteiger partial charge in [0.1, 0.15) is 17.4 Å². The monoisotopic (exact) mass is 290 g/mol. The van der Waals surface area contributed by atoms with Gasteiger partial charge in [-0.05, 0) is 0 Å². The van der Waals surface area contributed by atoms with Crippen molar-refractivity contribution < 1.29 is 30.0 Å². The van der Waals surface area contributed by atoms with Gasteiger partial charge < -0.3 is 25.2 Å². The van der Waals surface area contributed by atoms with Crippen LogP contribution in [0.3, 0.4) is 0 Å². The van der Waals surface area contributed by atoms with Crippen LogP contribution in [0, 0.1) is 5.92 Å². The smallest absolute Gasteiger partial charge is 0.241 e. The van der Waals surface area contributed by atoms with E-state index in [1.807, 2.05) is 0 Å². The molecule has 1 aromatic rings. The summed E-state index contributed by atoms with van der Waals surface area (Å²) in [6.45, 7) is 0. The van der Waals surface area contributed by atoms with Gasteiger partial charge in [0.25, 0.3) is 0 Å². The van der Waals surface area contributed by atoms with Crippen LogP contribution in [-0.2, 0) is 15.3 Å². The van der Waals surface area contributed by atoms with E-state index in [9.17, 15) is 25.2 Å². The Morgan fingerprint density at radius 1 is 1.14 bits per heavy atom. The lowest BCUT2D eigenvalue weighted by Crippen LogP contribution is -2.51. The fraction of sp³-hybridized carbons (Fsp3) is 0.267. The Labute approximate surface area is 120 Å². The zero-order chi connectivity index (χ0) is 15.3. The van der Waals surface area contributed by atoms with Crippen LogP contribution in [0.25, 0.3) is 0 Å². The molecule has 1 heterocycles. The van der Waals surface area contributed by atoms with Crippen LogP contribution in [0.5, 0.6) is 0 Å². The number of ether oxygens (including phenoxy) is 1. The summed E-state index contributed by atoms with van der Waals surface area (Å²) in [5, 5.41) is 39.8. The van der Waals surface area contributed by atoms with E-state index in [1.54, 1.807) is 30.3 Å². The maximum atomic E-state index is 12.2. The van der Waals surface area contributed by atoms with Crippen molar-refractivity contribution in [2.45, 2.75) is 18.0 Å². The summed E-state index contributed by atoms with van der Waals surface area (Å²) in [6, 6.07) is 8.31. The van der Waals surface area contributed by atoms with Crippen LogP contribution in [0.2, 0.25) is 0 Å². The van der Waals surface area contributed by atoms with Crippen LogP contribution in [0.15, 0.2) is 54.0 Å². The van der Waals surface area contributed by atoms with Crippen molar-refractivity contribution in [2.75, 3.05) is 0 Å². The first-order chi connectivity index (χ1) is 9.82. The third-order valence-electron chi connectivity index (χ3n) is 3.61. The molecule has 1 aliphatic carbocycles. The molecular formula is C15H14O6. The Morgan fingerprint density at radius 2 is 1.81 bits per heavy atom. The van der Waals surface area contributed by atoms with E-state index in [1.165, 1.54) is 0 Å². The van der Waals surface area contributed by atoms with Gasteiger partial charge in [-0.1, -0.05) is 30.3 Å². The predicted octanol–water partition coefficient (Wildman–Crippen LogP) is 0.458. The Bertz CT molecular complexity index is 645. The molecule has 2 atom stereocenters. The molecule has 0 aromatic heterocycles. The standard InChI is InChI=1S/C15H14O6/c16-10-6-12-13(14(18,19)7-10)11(17)8-15(20,21-12)9-4-2-1-3-5-9/h1-7,13,16,18-20H,8H2. The molecule has 1 fully saturated rings. The van der Waals surface area contributed by atoms with Crippen molar-refractivity contribution in [3.05, 3.63) is 59.6 Å². The number of allylic oxidation sites excluding steroid dienone is 1. The summed E-state index contributed by atoms with van der Waals surface area (Å²) in [5.74, 6) is -7.01. The molecule has 21 heavy (non-hydrogen) atoms. The number of Topliss-reactive ketones (excluding diaryl/α,β-unsaturated/α-hetero) is 1. The number of fused-ring (bicyclic) bond motifs is 1. The van der Waals surface area contributed by atoms with Crippen molar-refractivity contribution in [3.8, 4) is 0 Å². The lowest BCUT2D eigenvalue weighted by atomic mass is 9.81. The van der Waals surface area contributed by atoms with Crippen molar-refractivity contribution in [1.82, 2.24) is 0 Å². The molecule has 0 amide bonds. The quantitative estimate of drug-likeness (QED) is 0.560. The van der Waals surface area contributed by atoms with Crippen LogP contribution in [0.4, 0.5) is 0 Å². The number of carbonyl (C=O) groups is 1. The molecule has 1 saturated heterocycles. The summed E-state index contributed by atoms with van der Waals surface area (Å²) in [6.07, 6.45) is 1.44. The molecular weight excluding hydrogens is 276 g/mol. The van der Waals surface area contributed by atoms with Crippen molar-refractivity contribution in [2.24, 2.45) is 5.92 Å². The van der Waals surface area contributed by atoms with Crippen molar-refractivity contribution >= 4 is 5.78 Å². The maximum Gasteiger partial charge on any atom is 0.241 e. The molecule has 110 valence electrons. The second-order valence-corrected chi connectivity index (χ2v) is 5.23. The Hall–Kier alpha value is -2.15. The Balaban J connectivity index is 2.03. The second kappa shape index (κ2) is 4.42. The number of rotatable bonds is 1. The average molecular weight is 290 g/mol. The first-order valence-electron chi connectivity index (χ1n) is 6.40. The highest BCUT2D eigenvalue weighted by Crippen LogP contribution is 2.43. The molecule has 0 bridgehead atoms. The summed E-state index contributed by atoms with van der Waals surface area (Å²) in [4.78, 5) is 12.2. The molecule has 0 saturated carbocycles. The molecule has 6 nitrogen and oxygen atoms in total. The predicted molar refractivity (Wildman–Crippen MR) is 70.5 cm³/mol. The maximum absolute atomic E-state index is 12.2. The summed E-state index contributed by atoms with van der Waals surface area (Å²) < 4.78 is 5.42. The van der Waals surface area contributed by atoms with E-state index in [4.69, 9.17) is 4.74 Å². The Morgan fingerprint density at radius 3 is 2.48 bits per heavy atom. The van der Waals surface area contributed by atoms with E-state index in [-0.39, 0.29) is 5.76 Å². The highest BCUT2D eigenvalue weighted by atomic mass is 16.6. The number of benzene rings is 1. The van der Waals surface area contributed by atoms with Crippen LogP contribution >= 0.6 is 0 Å². The zero-order valence-corrected chi connectivity index (χ0v) is 10.9. The van der Waals surface area contributed by atoms with Crippen LogP contribution < -0.4 is 0 Å². The zero-order valence-electron chi connectivity index (χ0n) is 10.9. The second-order valence-electron chi connectivity index (χ2n) is 5.23. The van der Waals surface area contributed by atoms with Crippen molar-refractivity contribution in [1.29, 1.82) is 0 Å². The summed E-state index contributed by atoms with van der Waals surface area (Å²) in [5.41, 5.74) is 0.369. The van der Waals surface area contributed by atoms with Gasteiger partial charge in [0.2, 0.25) is 11.6 Å². The van der Waals surface area contributed by atoms with Crippen molar-refractivity contribution in [3.63, 3.8) is 0 Å². The van der Waals surface area contributed by atoms with Gasteiger partial charge >= 0.3 is 0 Å². The minimum atomic E-state index is -2.54. The molecule has 3 rings (SSSR count). The minimum absolute atomic E-state index is 0.178. The molecule has 0 radical (unpaired) electrons. The highest BCUT2D eigenvalue weighted by Gasteiger charge is 2.53. The van der Waals surface area contributed by atoms with Gasteiger partial charge in [0.05, 0.1) is 6.42 Å². The molecule has 6 heteroatoms. The van der Waals surface area contributed by atoms with E-state index >= 15 is 0 Å². The fourth-order valence-corrected chi connectivity index (χ4v) is 2.69. The summed E-state index contributed by atoms with van der Waals surface area (Å²) in [7, 11) is 0. The first kappa shape index (κ1) is 13.8. The van der Waals surface area contributed by atoms with Gasteiger partial charge in [-0.25, -0.2) is 0 Å². The summed E-state index contributed by atoms with van der Waals surface area (Å²) >= 11 is 0. The topological polar surface area (TPSA) is 107 Å². The van der Waals surface area contributed by atoms with Crippen LogP contribution in [-0.4, -0.2) is 32.0 Å². The number of hydrogen-bond acceptors (Lipinski definition) is 6. The molecule has 2 unspecified atom stereocenters. The van der Waals surface area contributed by atoms with Gasteiger partial charge in [-0.15, -0.1) is 0 Å². The number of ketones is 1. The molecule has 0 spiro atoms. The van der Waals surface area contributed by atoms with Gasteiger partial charge in [0, 0.05) is 17.7 Å². The van der Waals surface area contributed by atoms with Gasteiger partial charge in [-0.3, -0.25) is 4.79 Å². The third kappa shape index (κ3) is 2.23. The van der Waals surface area contributed by atoms with E-state index in [2.05, 4.69) is 0 Å². The normalized spacial score (nSPS) is 30.8. The fourth-order valence-electron chi connectivity index (χ4n) is 2.69. The van der Waals surface area contributed by atoms with E-state index < -0.39 is 35.5 Å². The first-order valence-corrected chi connectivity index (χ1v) is 6.40. The van der Waals surface area contributed by atoms with Gasteiger partial charge in [-0.2, -0.15) is 0 Å². The third-order valence-corrected chi connectivity index (χ3v) is 3.61. The number of carbonyl (C=O) groups excluding carboxylic acids is 1. The molecule has 2 aliphatic rings. The number of aliphatic hydroxyl groups is 4. The highest BCUT2D eigenvalue weighted by molar-refractivity contribution is 5.87. The van der Waals surface area contributed by atoms with Crippen LogP contribution in [0.1, 0.15) is 12.0 Å². The molecule has 1 aromatic carbocycles. The largest absolute Gasteiger partial charge is 0.508 e. The number of hydrogen-bond donors (Lipinski definition) is 4. The number of aliphatic hydroxyl groups excluding tert-OH is 1. The van der Waals surface area contributed by atoms with E-state index in [0.717, 1.165) is 12.2 Å². The average Bonchev–Trinajstić information content (AvgIpc) is 2.36. The SMILES string of the molecule is O=C1CC(O)(c2ccccc2)OC2=CC(O)=CC(O)(O)C12. The van der Waals surface area contributed by atoms with E-state index in [0.29, 0.717) is 5.56 Å². The van der Waals surface area contributed by atoms with Gasteiger partial charge in [0.15, 0.2) is 5.78 Å². The minimum Gasteiger partial charge on any atom is -0.508 e. The lowest BCUT2D eigenvalue weighted by Gasteiger charge is -2.42. The molecule has 1 aliphatic heterocycles. The molecule has 4 N–H and O–H groups in total. The lowest BCUT2D eigenvalue weighted by molar-refractivity contribution is -0.239.